The van der Waals surface area contributed by atoms with Gasteiger partial charge in [-0.3, -0.25) is 0 Å². The fourth-order valence-electron chi connectivity index (χ4n) is 0.929. The maximum absolute atomic E-state index is 11.7. The zero-order chi connectivity index (χ0) is 10.1. The van der Waals surface area contributed by atoms with E-state index in [1.165, 1.54) is 6.07 Å². The van der Waals surface area contributed by atoms with Crippen LogP contribution in [0.15, 0.2) is 29.2 Å². The van der Waals surface area contributed by atoms with Crippen molar-refractivity contribution in [1.29, 1.82) is 0 Å². The monoisotopic (exact) mass is 218 g/mol. The Kier molecular flexibility index (Phi) is 2.98. The van der Waals surface area contributed by atoms with Gasteiger partial charge in [-0.05, 0) is 26.0 Å². The molecular formula is C9H11ClO2S. The zero-order valence-electron chi connectivity index (χ0n) is 7.49. The van der Waals surface area contributed by atoms with Crippen LogP contribution < -0.4 is 0 Å². The van der Waals surface area contributed by atoms with Gasteiger partial charge >= 0.3 is 0 Å². The summed E-state index contributed by atoms with van der Waals surface area (Å²) >= 11 is 5.77. The lowest BCUT2D eigenvalue weighted by Gasteiger charge is -2.08. The third-order valence-electron chi connectivity index (χ3n) is 1.76. The topological polar surface area (TPSA) is 34.1 Å². The Labute approximate surface area is 83.5 Å². The third-order valence-corrected chi connectivity index (χ3v) is 4.42. The molecule has 0 bridgehead atoms. The second kappa shape index (κ2) is 3.68. The highest BCUT2D eigenvalue weighted by molar-refractivity contribution is 7.92. The number of rotatable bonds is 2. The largest absolute Gasteiger partial charge is 0.223 e. The summed E-state index contributed by atoms with van der Waals surface area (Å²) in [6, 6.07) is 6.48. The first-order valence-electron chi connectivity index (χ1n) is 3.94. The van der Waals surface area contributed by atoms with Crippen molar-refractivity contribution in [3.05, 3.63) is 29.3 Å². The van der Waals surface area contributed by atoms with E-state index >= 15 is 0 Å². The number of halogens is 1. The minimum atomic E-state index is -3.24. The van der Waals surface area contributed by atoms with E-state index in [4.69, 9.17) is 11.6 Å². The van der Waals surface area contributed by atoms with Crippen LogP contribution in [0.2, 0.25) is 5.02 Å². The zero-order valence-corrected chi connectivity index (χ0v) is 9.06. The number of sulfone groups is 1. The van der Waals surface area contributed by atoms with Crippen molar-refractivity contribution in [1.82, 2.24) is 0 Å². The predicted molar refractivity (Wildman–Crippen MR) is 53.8 cm³/mol. The van der Waals surface area contributed by atoms with Gasteiger partial charge in [0.25, 0.3) is 0 Å². The molecule has 0 N–H and O–H groups in total. The summed E-state index contributed by atoms with van der Waals surface area (Å²) in [6.45, 7) is 3.28. The molecular weight excluding hydrogens is 208 g/mol. The molecule has 0 atom stereocenters. The molecule has 0 aliphatic rings. The van der Waals surface area contributed by atoms with Gasteiger partial charge in [0, 0.05) is 0 Å². The number of hydrogen-bond acceptors (Lipinski definition) is 2. The Morgan fingerprint density at radius 2 is 1.77 bits per heavy atom. The van der Waals surface area contributed by atoms with Gasteiger partial charge in [-0.25, -0.2) is 8.42 Å². The highest BCUT2D eigenvalue weighted by Gasteiger charge is 2.21. The summed E-state index contributed by atoms with van der Waals surface area (Å²) in [7, 11) is -3.24. The Morgan fingerprint density at radius 1 is 1.23 bits per heavy atom. The molecule has 0 aliphatic heterocycles. The molecule has 4 heteroatoms. The van der Waals surface area contributed by atoms with Crippen molar-refractivity contribution < 1.29 is 8.42 Å². The molecule has 0 radical (unpaired) electrons. The fraction of sp³-hybridized carbons (Fsp3) is 0.333. The Bertz CT molecular complexity index is 396. The average Bonchev–Trinajstić information content (AvgIpc) is 2.04. The minimum absolute atomic E-state index is 0.215. The molecule has 0 saturated heterocycles. The van der Waals surface area contributed by atoms with Crippen molar-refractivity contribution in [2.45, 2.75) is 24.0 Å². The summed E-state index contributed by atoms with van der Waals surface area (Å²) in [5, 5.41) is -0.149. The van der Waals surface area contributed by atoms with Gasteiger partial charge in [-0.15, -0.1) is 0 Å². The molecule has 13 heavy (non-hydrogen) atoms. The van der Waals surface area contributed by atoms with Gasteiger partial charge in [0.15, 0.2) is 9.84 Å². The van der Waals surface area contributed by atoms with E-state index in [2.05, 4.69) is 0 Å². The smallest absolute Gasteiger partial charge is 0.182 e. The van der Waals surface area contributed by atoms with E-state index in [-0.39, 0.29) is 9.92 Å². The second-order valence-corrected chi connectivity index (χ2v) is 5.90. The number of hydrogen-bond donors (Lipinski definition) is 0. The molecule has 1 rings (SSSR count). The Morgan fingerprint density at radius 3 is 2.23 bits per heavy atom. The van der Waals surface area contributed by atoms with E-state index in [0.29, 0.717) is 0 Å². The average molecular weight is 219 g/mol. The van der Waals surface area contributed by atoms with Gasteiger partial charge in [-0.2, -0.15) is 0 Å². The van der Waals surface area contributed by atoms with Gasteiger partial charge < -0.3 is 0 Å². The Hall–Kier alpha value is -0.540. The van der Waals surface area contributed by atoms with Gasteiger partial charge in [0.2, 0.25) is 0 Å². The molecule has 0 unspecified atom stereocenters. The summed E-state index contributed by atoms with van der Waals surface area (Å²) in [5.74, 6) is 0. The lowest BCUT2D eigenvalue weighted by Crippen LogP contribution is -2.14. The maximum atomic E-state index is 11.7. The highest BCUT2D eigenvalue weighted by atomic mass is 35.5. The van der Waals surface area contributed by atoms with Crippen molar-refractivity contribution in [2.24, 2.45) is 0 Å². The van der Waals surface area contributed by atoms with Crippen LogP contribution in [-0.4, -0.2) is 13.7 Å². The van der Waals surface area contributed by atoms with Crippen molar-refractivity contribution in [3.63, 3.8) is 0 Å². The molecule has 0 fully saturated rings. The first kappa shape index (κ1) is 10.5. The first-order chi connectivity index (χ1) is 5.96. The first-order valence-corrected chi connectivity index (χ1v) is 5.87. The molecule has 0 aromatic heterocycles. The molecule has 72 valence electrons. The Balaban J connectivity index is 3.32. The summed E-state index contributed by atoms with van der Waals surface area (Å²) in [6.07, 6.45) is 0. The quantitative estimate of drug-likeness (QED) is 0.765. The molecule has 1 aromatic rings. The third kappa shape index (κ3) is 2.03. The van der Waals surface area contributed by atoms with Gasteiger partial charge in [0.05, 0.1) is 15.2 Å². The second-order valence-electron chi connectivity index (χ2n) is 3.02. The van der Waals surface area contributed by atoms with Crippen LogP contribution in [0.4, 0.5) is 0 Å². The van der Waals surface area contributed by atoms with Crippen LogP contribution in [0.25, 0.3) is 0 Å². The van der Waals surface area contributed by atoms with Crippen LogP contribution in [0.5, 0.6) is 0 Å². The van der Waals surface area contributed by atoms with E-state index in [1.54, 1.807) is 32.0 Å². The maximum Gasteiger partial charge on any atom is 0.182 e. The van der Waals surface area contributed by atoms with Crippen LogP contribution >= 0.6 is 11.6 Å². The molecule has 0 amide bonds. The van der Waals surface area contributed by atoms with Crippen molar-refractivity contribution >= 4 is 21.4 Å². The molecule has 0 heterocycles. The lowest BCUT2D eigenvalue weighted by atomic mass is 10.4. The lowest BCUT2D eigenvalue weighted by molar-refractivity contribution is 0.587. The normalized spacial score (nSPS) is 12.0. The SMILES string of the molecule is CC(C)S(=O)(=O)c1ccccc1Cl. The summed E-state index contributed by atoms with van der Waals surface area (Å²) < 4.78 is 23.3. The molecule has 0 spiro atoms. The van der Waals surface area contributed by atoms with Crippen molar-refractivity contribution in [3.8, 4) is 0 Å². The fourth-order valence-corrected chi connectivity index (χ4v) is 2.50. The minimum Gasteiger partial charge on any atom is -0.223 e. The van der Waals surface area contributed by atoms with Crippen LogP contribution in [0.3, 0.4) is 0 Å². The van der Waals surface area contributed by atoms with Crippen LogP contribution in [0, 0.1) is 0 Å². The van der Waals surface area contributed by atoms with Gasteiger partial charge in [-0.1, -0.05) is 23.7 Å². The molecule has 2 nitrogen and oxygen atoms in total. The van der Waals surface area contributed by atoms with Crippen molar-refractivity contribution in [2.75, 3.05) is 0 Å². The summed E-state index contributed by atoms with van der Waals surface area (Å²) in [5.41, 5.74) is 0. The van der Waals surface area contributed by atoms with Crippen LogP contribution in [-0.2, 0) is 9.84 Å². The van der Waals surface area contributed by atoms with Gasteiger partial charge in [0.1, 0.15) is 0 Å². The van der Waals surface area contributed by atoms with E-state index in [0.717, 1.165) is 0 Å². The predicted octanol–water partition coefficient (Wildman–Crippen LogP) is 2.52. The van der Waals surface area contributed by atoms with E-state index in [9.17, 15) is 8.42 Å². The molecule has 0 saturated carbocycles. The van der Waals surface area contributed by atoms with E-state index in [1.807, 2.05) is 0 Å². The van der Waals surface area contributed by atoms with E-state index < -0.39 is 15.1 Å². The summed E-state index contributed by atoms with van der Waals surface area (Å²) in [4.78, 5) is 0.215. The number of benzene rings is 1. The van der Waals surface area contributed by atoms with Crippen LogP contribution in [0.1, 0.15) is 13.8 Å². The highest BCUT2D eigenvalue weighted by Crippen LogP contribution is 2.23. The molecule has 0 aliphatic carbocycles. The molecule has 1 aromatic carbocycles. The standard InChI is InChI=1S/C9H11ClO2S/c1-7(2)13(11,12)9-6-4-3-5-8(9)10/h3-7H,1-2H3.